The zero-order valence-corrected chi connectivity index (χ0v) is 13.1. The molecule has 0 aliphatic carbocycles. The van der Waals surface area contributed by atoms with E-state index in [1.165, 1.54) is 0 Å². The predicted molar refractivity (Wildman–Crippen MR) is 81.2 cm³/mol. The molecule has 0 aromatic carbocycles. The number of piperazine rings is 1. The van der Waals surface area contributed by atoms with Gasteiger partial charge < -0.3 is 15.3 Å². The first-order chi connectivity index (χ1) is 9.52. The number of aliphatic carboxylic acids is 1. The van der Waals surface area contributed by atoms with Crippen molar-refractivity contribution in [3.63, 3.8) is 0 Å². The monoisotopic (exact) mass is 286 g/mol. The van der Waals surface area contributed by atoms with Gasteiger partial charge in [0, 0.05) is 45.8 Å². The summed E-state index contributed by atoms with van der Waals surface area (Å²) in [5.41, 5.74) is 0. The van der Waals surface area contributed by atoms with Crippen LogP contribution in [0.4, 0.5) is 0 Å². The third kappa shape index (κ3) is 6.65. The van der Waals surface area contributed by atoms with Crippen molar-refractivity contribution >= 4 is 5.97 Å². The molecule has 0 spiro atoms. The Morgan fingerprint density at radius 2 is 1.85 bits per heavy atom. The average molecular weight is 286 g/mol. The van der Waals surface area contributed by atoms with Crippen LogP contribution in [0.2, 0.25) is 0 Å². The number of hydrogen-bond acceptors (Lipinski definition) is 5. The standard InChI is InChI=1S/C14H30N4O2/c1-4-5-15-13(14(19)20)12-18-10-8-17(9-11-18)7-6-16(2)3/h13,15H,4-12H2,1-3H3,(H,19,20). The van der Waals surface area contributed by atoms with Gasteiger partial charge in [0.15, 0.2) is 0 Å². The van der Waals surface area contributed by atoms with Crippen molar-refractivity contribution in [1.82, 2.24) is 20.0 Å². The number of rotatable bonds is 9. The molecule has 0 bridgehead atoms. The van der Waals surface area contributed by atoms with E-state index >= 15 is 0 Å². The lowest BCUT2D eigenvalue weighted by molar-refractivity contribution is -0.140. The summed E-state index contributed by atoms with van der Waals surface area (Å²) >= 11 is 0. The molecular formula is C14H30N4O2. The largest absolute Gasteiger partial charge is 0.480 e. The second-order valence-electron chi connectivity index (χ2n) is 5.79. The van der Waals surface area contributed by atoms with E-state index in [2.05, 4.69) is 41.0 Å². The smallest absolute Gasteiger partial charge is 0.322 e. The van der Waals surface area contributed by atoms with Crippen LogP contribution in [0.3, 0.4) is 0 Å². The van der Waals surface area contributed by atoms with Gasteiger partial charge in [0.2, 0.25) is 0 Å². The number of nitrogens with zero attached hydrogens (tertiary/aromatic N) is 3. The fraction of sp³-hybridized carbons (Fsp3) is 0.929. The van der Waals surface area contributed by atoms with Crippen LogP contribution in [0.15, 0.2) is 0 Å². The number of carboxylic acid groups (broad SMARTS) is 1. The van der Waals surface area contributed by atoms with Gasteiger partial charge in [0.05, 0.1) is 0 Å². The summed E-state index contributed by atoms with van der Waals surface area (Å²) in [5.74, 6) is -0.742. The highest BCUT2D eigenvalue weighted by Crippen LogP contribution is 2.03. The molecule has 1 aliphatic rings. The minimum atomic E-state index is -0.742. The lowest BCUT2D eigenvalue weighted by atomic mass is 10.2. The Morgan fingerprint density at radius 3 is 2.35 bits per heavy atom. The first kappa shape index (κ1) is 17.4. The second kappa shape index (κ2) is 9.28. The van der Waals surface area contributed by atoms with E-state index in [0.29, 0.717) is 6.54 Å². The maximum atomic E-state index is 11.2. The quantitative estimate of drug-likeness (QED) is 0.602. The SMILES string of the molecule is CCCNC(CN1CCN(CCN(C)C)CC1)C(=O)O. The van der Waals surface area contributed by atoms with Gasteiger partial charge in [-0.3, -0.25) is 14.6 Å². The molecule has 1 aliphatic heterocycles. The van der Waals surface area contributed by atoms with Gasteiger partial charge in [-0.25, -0.2) is 0 Å². The van der Waals surface area contributed by atoms with E-state index in [1.54, 1.807) is 0 Å². The fourth-order valence-electron chi connectivity index (χ4n) is 2.34. The minimum absolute atomic E-state index is 0.441. The topological polar surface area (TPSA) is 59.0 Å². The van der Waals surface area contributed by atoms with Crippen LogP contribution in [-0.2, 0) is 4.79 Å². The maximum Gasteiger partial charge on any atom is 0.322 e. The number of hydrogen-bond donors (Lipinski definition) is 2. The Morgan fingerprint density at radius 1 is 1.25 bits per heavy atom. The Bertz CT molecular complexity index is 278. The summed E-state index contributed by atoms with van der Waals surface area (Å²) in [7, 11) is 4.18. The van der Waals surface area contributed by atoms with Crippen molar-refractivity contribution < 1.29 is 9.90 Å². The molecule has 1 unspecified atom stereocenters. The molecule has 1 saturated heterocycles. The molecule has 2 N–H and O–H groups in total. The number of nitrogens with one attached hydrogen (secondary N) is 1. The summed E-state index contributed by atoms with van der Waals surface area (Å²) in [4.78, 5) is 18.1. The van der Waals surface area contributed by atoms with E-state index in [1.807, 2.05) is 0 Å². The van der Waals surface area contributed by atoms with Gasteiger partial charge in [-0.05, 0) is 27.1 Å². The number of likely N-dealkylation sites (N-methyl/N-ethyl adjacent to an activating group) is 1. The summed E-state index contributed by atoms with van der Waals surface area (Å²) in [5, 5.41) is 12.3. The van der Waals surface area contributed by atoms with Crippen LogP contribution in [0, 0.1) is 0 Å². The normalized spacial score (nSPS) is 19.4. The second-order valence-corrected chi connectivity index (χ2v) is 5.79. The zero-order chi connectivity index (χ0) is 15.0. The van der Waals surface area contributed by atoms with E-state index < -0.39 is 12.0 Å². The lowest BCUT2D eigenvalue weighted by Crippen LogP contribution is -2.53. The summed E-state index contributed by atoms with van der Waals surface area (Å²) in [6.07, 6.45) is 0.960. The minimum Gasteiger partial charge on any atom is -0.480 e. The van der Waals surface area contributed by atoms with Crippen molar-refractivity contribution in [3.8, 4) is 0 Å². The fourth-order valence-corrected chi connectivity index (χ4v) is 2.34. The van der Waals surface area contributed by atoms with Crippen molar-refractivity contribution in [2.24, 2.45) is 0 Å². The molecule has 0 radical (unpaired) electrons. The van der Waals surface area contributed by atoms with Crippen LogP contribution in [0.25, 0.3) is 0 Å². The summed E-state index contributed by atoms with van der Waals surface area (Å²) < 4.78 is 0. The number of carbonyl (C=O) groups is 1. The van der Waals surface area contributed by atoms with E-state index in [9.17, 15) is 9.90 Å². The molecule has 20 heavy (non-hydrogen) atoms. The third-order valence-corrected chi connectivity index (χ3v) is 3.71. The molecule has 0 aromatic rings. The Kier molecular flexibility index (Phi) is 8.06. The van der Waals surface area contributed by atoms with E-state index in [0.717, 1.165) is 52.2 Å². The van der Waals surface area contributed by atoms with Crippen LogP contribution in [0.5, 0.6) is 0 Å². The van der Waals surface area contributed by atoms with Gasteiger partial charge in [-0.15, -0.1) is 0 Å². The molecule has 1 rings (SSSR count). The molecule has 6 nitrogen and oxygen atoms in total. The predicted octanol–water partition coefficient (Wildman–Crippen LogP) is -0.382. The van der Waals surface area contributed by atoms with E-state index in [-0.39, 0.29) is 0 Å². The first-order valence-corrected chi connectivity index (χ1v) is 7.58. The van der Waals surface area contributed by atoms with Crippen LogP contribution >= 0.6 is 0 Å². The Balaban J connectivity index is 2.27. The third-order valence-electron chi connectivity index (χ3n) is 3.71. The number of carboxylic acids is 1. The van der Waals surface area contributed by atoms with Gasteiger partial charge in [-0.2, -0.15) is 0 Å². The molecule has 6 heteroatoms. The molecule has 1 atom stereocenters. The molecule has 118 valence electrons. The van der Waals surface area contributed by atoms with Crippen LogP contribution in [0.1, 0.15) is 13.3 Å². The van der Waals surface area contributed by atoms with Gasteiger partial charge in [-0.1, -0.05) is 6.92 Å². The molecule has 0 amide bonds. The van der Waals surface area contributed by atoms with Crippen molar-refractivity contribution in [2.75, 3.05) is 66.5 Å². The van der Waals surface area contributed by atoms with Crippen LogP contribution in [-0.4, -0.2) is 98.3 Å². The van der Waals surface area contributed by atoms with Crippen LogP contribution < -0.4 is 5.32 Å². The molecule has 1 fully saturated rings. The van der Waals surface area contributed by atoms with Crippen molar-refractivity contribution in [1.29, 1.82) is 0 Å². The lowest BCUT2D eigenvalue weighted by Gasteiger charge is -2.36. The summed E-state index contributed by atoms with van der Waals surface area (Å²) in [6.45, 7) is 9.59. The molecule has 1 heterocycles. The van der Waals surface area contributed by atoms with Gasteiger partial charge >= 0.3 is 5.97 Å². The van der Waals surface area contributed by atoms with Crippen molar-refractivity contribution in [3.05, 3.63) is 0 Å². The average Bonchev–Trinajstić information content (AvgIpc) is 2.42. The molecule has 0 saturated carbocycles. The Hall–Kier alpha value is -0.690. The molecular weight excluding hydrogens is 256 g/mol. The zero-order valence-electron chi connectivity index (χ0n) is 13.1. The van der Waals surface area contributed by atoms with Gasteiger partial charge in [0.1, 0.15) is 6.04 Å². The summed E-state index contributed by atoms with van der Waals surface area (Å²) in [6, 6.07) is -0.441. The highest BCUT2D eigenvalue weighted by atomic mass is 16.4. The van der Waals surface area contributed by atoms with Gasteiger partial charge in [0.25, 0.3) is 0 Å². The highest BCUT2D eigenvalue weighted by Gasteiger charge is 2.23. The molecule has 0 aromatic heterocycles. The van der Waals surface area contributed by atoms with E-state index in [4.69, 9.17) is 0 Å². The maximum absolute atomic E-state index is 11.2. The highest BCUT2D eigenvalue weighted by molar-refractivity contribution is 5.73. The van der Waals surface area contributed by atoms with Crippen molar-refractivity contribution in [2.45, 2.75) is 19.4 Å². The first-order valence-electron chi connectivity index (χ1n) is 7.58. The Labute approximate surface area is 122 Å².